The zero-order valence-electron chi connectivity index (χ0n) is 15.1. The van der Waals surface area contributed by atoms with E-state index in [9.17, 15) is 9.59 Å². The fourth-order valence-electron chi connectivity index (χ4n) is 2.33. The van der Waals surface area contributed by atoms with Crippen molar-refractivity contribution in [3.05, 3.63) is 36.9 Å². The lowest BCUT2D eigenvalue weighted by Gasteiger charge is -2.14. The third-order valence-electron chi connectivity index (χ3n) is 3.54. The van der Waals surface area contributed by atoms with Crippen molar-refractivity contribution in [3.8, 4) is 0 Å². The summed E-state index contributed by atoms with van der Waals surface area (Å²) in [5, 5.41) is 12.7. The van der Waals surface area contributed by atoms with Crippen LogP contribution >= 0.6 is 11.3 Å². The normalized spacial score (nSPS) is 11.2. The second-order valence-corrected chi connectivity index (χ2v) is 6.83. The van der Waals surface area contributed by atoms with Gasteiger partial charge in [-0.05, 0) is 20.3 Å². The first-order chi connectivity index (χ1) is 12.5. The Labute approximate surface area is 154 Å². The van der Waals surface area contributed by atoms with Gasteiger partial charge in [0.25, 0.3) is 5.56 Å². The van der Waals surface area contributed by atoms with Crippen LogP contribution in [0.5, 0.6) is 0 Å². The number of ether oxygens (including phenoxy) is 1. The maximum absolute atomic E-state index is 12.6. The molecule has 0 saturated carbocycles. The molecule has 10 heteroatoms. The Hall–Kier alpha value is -2.46. The molecule has 0 spiro atoms. The van der Waals surface area contributed by atoms with Crippen LogP contribution in [0.1, 0.15) is 23.2 Å². The van der Waals surface area contributed by atoms with Gasteiger partial charge in [-0.25, -0.2) is 14.8 Å². The van der Waals surface area contributed by atoms with Gasteiger partial charge in [-0.15, -0.1) is 11.3 Å². The zero-order valence-corrected chi connectivity index (χ0v) is 15.9. The minimum absolute atomic E-state index is 0.101. The molecule has 0 aliphatic heterocycles. The van der Waals surface area contributed by atoms with Gasteiger partial charge in [0.15, 0.2) is 12.2 Å². The molecule has 0 atom stereocenters. The molecule has 0 bridgehead atoms. The average Bonchev–Trinajstić information content (AvgIpc) is 3.04. The van der Waals surface area contributed by atoms with Gasteiger partial charge in [0.2, 0.25) is 0 Å². The molecule has 2 heterocycles. The van der Waals surface area contributed by atoms with Crippen LogP contribution in [0, 0.1) is 6.92 Å². The molecule has 0 unspecified atom stereocenters. The molecular weight excluding hydrogens is 358 g/mol. The summed E-state index contributed by atoms with van der Waals surface area (Å²) in [4.78, 5) is 34.4. The van der Waals surface area contributed by atoms with E-state index in [1.807, 2.05) is 13.8 Å². The van der Waals surface area contributed by atoms with Crippen molar-refractivity contribution in [2.24, 2.45) is 12.0 Å². The highest BCUT2D eigenvalue weighted by Crippen LogP contribution is 2.18. The largest absolute Gasteiger partial charge is 0.476 e. The molecule has 2 rings (SSSR count). The summed E-state index contributed by atoms with van der Waals surface area (Å²) in [6.07, 6.45) is 3.29. The SMILES string of the molecule is CCNc1c(/N=C/OCc2ncc(C)s2)n(C)c(=O)n(CCCO)c1=O. The van der Waals surface area contributed by atoms with Crippen molar-refractivity contribution in [2.45, 2.75) is 33.4 Å². The van der Waals surface area contributed by atoms with Crippen molar-refractivity contribution in [2.75, 3.05) is 18.5 Å². The van der Waals surface area contributed by atoms with Crippen LogP contribution in [0.2, 0.25) is 0 Å². The van der Waals surface area contributed by atoms with E-state index in [2.05, 4.69) is 15.3 Å². The summed E-state index contributed by atoms with van der Waals surface area (Å²) in [6.45, 7) is 4.60. The van der Waals surface area contributed by atoms with Crippen molar-refractivity contribution >= 4 is 29.2 Å². The van der Waals surface area contributed by atoms with Gasteiger partial charge in [0, 0.05) is 37.8 Å². The van der Waals surface area contributed by atoms with Crippen LogP contribution in [-0.4, -0.2) is 38.8 Å². The molecule has 26 heavy (non-hydrogen) atoms. The van der Waals surface area contributed by atoms with E-state index >= 15 is 0 Å². The number of aliphatic hydroxyl groups excluding tert-OH is 1. The number of anilines is 1. The Morgan fingerprint density at radius 1 is 1.46 bits per heavy atom. The summed E-state index contributed by atoms with van der Waals surface area (Å²) < 4.78 is 7.74. The lowest BCUT2D eigenvalue weighted by Crippen LogP contribution is -2.40. The maximum Gasteiger partial charge on any atom is 0.332 e. The Bertz CT molecular complexity index is 884. The number of aryl methyl sites for hydroxylation is 1. The molecule has 0 fully saturated rings. The molecule has 2 N–H and O–H groups in total. The van der Waals surface area contributed by atoms with Gasteiger partial charge < -0.3 is 15.2 Å². The van der Waals surface area contributed by atoms with E-state index in [1.54, 1.807) is 6.20 Å². The number of nitrogens with one attached hydrogen (secondary N) is 1. The molecular formula is C16H23N5O4S. The summed E-state index contributed by atoms with van der Waals surface area (Å²) in [7, 11) is 1.54. The van der Waals surface area contributed by atoms with Crippen LogP contribution in [0.3, 0.4) is 0 Å². The van der Waals surface area contributed by atoms with Crippen molar-refractivity contribution in [1.29, 1.82) is 0 Å². The fraction of sp³-hybridized carbons (Fsp3) is 0.500. The molecule has 0 amide bonds. The molecule has 2 aromatic rings. The highest BCUT2D eigenvalue weighted by Gasteiger charge is 2.16. The molecule has 0 saturated heterocycles. The Morgan fingerprint density at radius 2 is 2.23 bits per heavy atom. The second kappa shape index (κ2) is 9.30. The number of aliphatic hydroxyl groups is 1. The number of rotatable bonds is 9. The first-order valence-corrected chi connectivity index (χ1v) is 9.05. The van der Waals surface area contributed by atoms with Crippen LogP contribution < -0.4 is 16.6 Å². The number of thiazole rings is 1. The van der Waals surface area contributed by atoms with E-state index in [0.717, 1.165) is 14.5 Å². The number of hydrogen-bond donors (Lipinski definition) is 2. The number of aromatic nitrogens is 3. The highest BCUT2D eigenvalue weighted by atomic mass is 32.1. The first kappa shape index (κ1) is 19.9. The predicted molar refractivity (Wildman–Crippen MR) is 102 cm³/mol. The smallest absolute Gasteiger partial charge is 0.332 e. The van der Waals surface area contributed by atoms with Crippen LogP contribution in [0.4, 0.5) is 11.5 Å². The fourth-order valence-corrected chi connectivity index (χ4v) is 3.04. The third kappa shape index (κ3) is 4.58. The first-order valence-electron chi connectivity index (χ1n) is 8.23. The molecule has 9 nitrogen and oxygen atoms in total. The van der Waals surface area contributed by atoms with Gasteiger partial charge in [-0.3, -0.25) is 13.9 Å². The zero-order chi connectivity index (χ0) is 19.1. The monoisotopic (exact) mass is 381 g/mol. The number of hydrogen-bond acceptors (Lipinski definition) is 8. The standard InChI is InChI=1S/C16H23N5O4S/c1-4-17-13-14(19-10-25-9-12-18-8-11(2)26-12)20(3)16(24)21(15(13)23)6-5-7-22/h8,10,17,22H,4-7,9H2,1-3H3/b19-10+. The van der Waals surface area contributed by atoms with E-state index in [-0.39, 0.29) is 31.3 Å². The summed E-state index contributed by atoms with van der Waals surface area (Å²) in [5.74, 6) is 0.192. The average molecular weight is 381 g/mol. The topological polar surface area (TPSA) is 111 Å². The molecule has 0 aliphatic carbocycles. The molecule has 2 aromatic heterocycles. The van der Waals surface area contributed by atoms with Crippen molar-refractivity contribution in [1.82, 2.24) is 14.1 Å². The quantitative estimate of drug-likeness (QED) is 0.495. The van der Waals surface area contributed by atoms with Gasteiger partial charge in [-0.2, -0.15) is 0 Å². The van der Waals surface area contributed by atoms with Crippen molar-refractivity contribution in [3.63, 3.8) is 0 Å². The maximum atomic E-state index is 12.6. The van der Waals surface area contributed by atoms with Gasteiger partial charge in [0.1, 0.15) is 17.3 Å². The molecule has 142 valence electrons. The lowest BCUT2D eigenvalue weighted by atomic mass is 10.4. The third-order valence-corrected chi connectivity index (χ3v) is 4.42. The molecule has 0 radical (unpaired) electrons. The minimum atomic E-state index is -0.493. The van der Waals surface area contributed by atoms with Gasteiger partial charge in [0.05, 0.1) is 0 Å². The van der Waals surface area contributed by atoms with E-state index in [1.165, 1.54) is 29.4 Å². The summed E-state index contributed by atoms with van der Waals surface area (Å²) in [6, 6.07) is 0. The van der Waals surface area contributed by atoms with Gasteiger partial charge >= 0.3 is 5.69 Å². The van der Waals surface area contributed by atoms with Crippen LogP contribution in [0.25, 0.3) is 0 Å². The van der Waals surface area contributed by atoms with Gasteiger partial charge in [-0.1, -0.05) is 0 Å². The van der Waals surface area contributed by atoms with Crippen molar-refractivity contribution < 1.29 is 9.84 Å². The predicted octanol–water partition coefficient (Wildman–Crippen LogP) is 1.00. The number of aliphatic imine (C=N–C) groups is 1. The Kier molecular flexibility index (Phi) is 7.10. The van der Waals surface area contributed by atoms with E-state index in [4.69, 9.17) is 9.84 Å². The minimum Gasteiger partial charge on any atom is -0.476 e. The lowest BCUT2D eigenvalue weighted by molar-refractivity contribution is 0.277. The summed E-state index contributed by atoms with van der Waals surface area (Å²) >= 11 is 1.52. The Balaban J connectivity index is 2.29. The van der Waals surface area contributed by atoms with E-state index < -0.39 is 11.2 Å². The molecule has 0 aromatic carbocycles. The van der Waals surface area contributed by atoms with Crippen LogP contribution in [-0.2, 0) is 24.9 Å². The summed E-state index contributed by atoms with van der Waals surface area (Å²) in [5.41, 5.74) is -0.739. The van der Waals surface area contributed by atoms with E-state index in [0.29, 0.717) is 13.0 Å². The second-order valence-electron chi connectivity index (χ2n) is 5.51. The number of nitrogens with zero attached hydrogens (tertiary/aromatic N) is 4. The molecule has 0 aliphatic rings. The van der Waals surface area contributed by atoms with Crippen LogP contribution in [0.15, 0.2) is 20.8 Å². The Morgan fingerprint density at radius 3 is 2.85 bits per heavy atom. The highest BCUT2D eigenvalue weighted by molar-refractivity contribution is 7.11.